The zero-order valence-electron chi connectivity index (χ0n) is 10.7. The van der Waals surface area contributed by atoms with E-state index in [1.54, 1.807) is 5.57 Å². The molecule has 3 heteroatoms. The van der Waals surface area contributed by atoms with E-state index >= 15 is 0 Å². The van der Waals surface area contributed by atoms with Gasteiger partial charge in [0.2, 0.25) is 0 Å². The lowest BCUT2D eigenvalue weighted by Crippen LogP contribution is -2.41. The molecule has 2 aliphatic rings. The molecule has 0 bridgehead atoms. The Morgan fingerprint density at radius 2 is 1.69 bits per heavy atom. The lowest BCUT2D eigenvalue weighted by molar-refractivity contribution is 0.204. The third-order valence-electron chi connectivity index (χ3n) is 3.69. The molecule has 0 spiro atoms. The van der Waals surface area contributed by atoms with Crippen molar-refractivity contribution < 1.29 is 0 Å². The lowest BCUT2D eigenvalue weighted by Gasteiger charge is -2.33. The highest BCUT2D eigenvalue weighted by molar-refractivity contribution is 5.06. The summed E-state index contributed by atoms with van der Waals surface area (Å²) in [5.41, 5.74) is 1.65. The van der Waals surface area contributed by atoms with Crippen molar-refractivity contribution in [1.82, 2.24) is 15.1 Å². The third kappa shape index (κ3) is 3.22. The molecule has 2 heterocycles. The van der Waals surface area contributed by atoms with Gasteiger partial charge in [-0.05, 0) is 32.9 Å². The maximum Gasteiger partial charge on any atom is 0.0298 e. The van der Waals surface area contributed by atoms with Crippen LogP contribution in [-0.2, 0) is 0 Å². The van der Waals surface area contributed by atoms with E-state index in [9.17, 15) is 0 Å². The first-order valence-electron chi connectivity index (χ1n) is 6.64. The minimum absolute atomic E-state index is 0.709. The van der Waals surface area contributed by atoms with Gasteiger partial charge in [0.1, 0.15) is 0 Å². The minimum Gasteiger partial charge on any atom is -0.375 e. The molecule has 0 saturated carbocycles. The molecule has 0 aromatic rings. The number of piperidine rings is 1. The molecule has 2 aliphatic heterocycles. The largest absolute Gasteiger partial charge is 0.375 e. The Bertz CT molecular complexity index is 232. The van der Waals surface area contributed by atoms with E-state index in [1.165, 1.54) is 39.0 Å². The van der Waals surface area contributed by atoms with E-state index in [0.717, 1.165) is 13.1 Å². The Morgan fingerprint density at radius 3 is 2.25 bits per heavy atom. The van der Waals surface area contributed by atoms with Crippen LogP contribution >= 0.6 is 0 Å². The first-order valence-corrected chi connectivity index (χ1v) is 6.64. The molecule has 0 aliphatic carbocycles. The minimum atomic E-state index is 0.709. The zero-order chi connectivity index (χ0) is 11.4. The van der Waals surface area contributed by atoms with Gasteiger partial charge in [0, 0.05) is 45.3 Å². The average molecular weight is 223 g/mol. The third-order valence-corrected chi connectivity index (χ3v) is 3.69. The van der Waals surface area contributed by atoms with Crippen molar-refractivity contribution in [1.29, 1.82) is 0 Å². The Morgan fingerprint density at radius 1 is 1.06 bits per heavy atom. The predicted octanol–water partition coefficient (Wildman–Crippen LogP) is 1.28. The normalized spacial score (nSPS) is 23.9. The van der Waals surface area contributed by atoms with Crippen LogP contribution in [0.15, 0.2) is 11.8 Å². The van der Waals surface area contributed by atoms with Crippen molar-refractivity contribution in [3.8, 4) is 0 Å². The van der Waals surface area contributed by atoms with Gasteiger partial charge in [-0.1, -0.05) is 5.57 Å². The van der Waals surface area contributed by atoms with Crippen LogP contribution in [0.3, 0.4) is 0 Å². The SMILES string of the molecule is CC(C)N1CCC(=CN2CCNCC2)CC1. The van der Waals surface area contributed by atoms with E-state index < -0.39 is 0 Å². The van der Waals surface area contributed by atoms with Gasteiger partial charge in [-0.25, -0.2) is 0 Å². The smallest absolute Gasteiger partial charge is 0.0298 e. The Labute approximate surface area is 99.5 Å². The van der Waals surface area contributed by atoms with Crippen LogP contribution in [0, 0.1) is 0 Å². The van der Waals surface area contributed by atoms with Gasteiger partial charge in [-0.2, -0.15) is 0 Å². The molecule has 1 N–H and O–H groups in total. The maximum atomic E-state index is 3.39. The summed E-state index contributed by atoms with van der Waals surface area (Å²) in [6, 6.07) is 0.709. The number of nitrogens with one attached hydrogen (secondary N) is 1. The Kier molecular flexibility index (Phi) is 4.24. The molecule has 0 unspecified atom stereocenters. The summed E-state index contributed by atoms with van der Waals surface area (Å²) in [6.45, 7) is 11.7. The second-order valence-corrected chi connectivity index (χ2v) is 5.20. The highest BCUT2D eigenvalue weighted by atomic mass is 15.2. The number of hydrogen-bond acceptors (Lipinski definition) is 3. The van der Waals surface area contributed by atoms with Crippen molar-refractivity contribution in [3.05, 3.63) is 11.8 Å². The molecule has 16 heavy (non-hydrogen) atoms. The number of hydrogen-bond donors (Lipinski definition) is 1. The summed E-state index contributed by atoms with van der Waals surface area (Å²) >= 11 is 0. The molecule has 0 radical (unpaired) electrons. The van der Waals surface area contributed by atoms with Gasteiger partial charge in [-0.3, -0.25) is 0 Å². The predicted molar refractivity (Wildman–Crippen MR) is 68.5 cm³/mol. The van der Waals surface area contributed by atoms with Gasteiger partial charge < -0.3 is 15.1 Å². The lowest BCUT2D eigenvalue weighted by atomic mass is 10.0. The van der Waals surface area contributed by atoms with Crippen LogP contribution in [0.4, 0.5) is 0 Å². The van der Waals surface area contributed by atoms with Crippen molar-refractivity contribution >= 4 is 0 Å². The van der Waals surface area contributed by atoms with Gasteiger partial charge in [0.15, 0.2) is 0 Å². The van der Waals surface area contributed by atoms with E-state index in [0.29, 0.717) is 6.04 Å². The van der Waals surface area contributed by atoms with Crippen molar-refractivity contribution in [2.45, 2.75) is 32.7 Å². The molecule has 0 aromatic heterocycles. The van der Waals surface area contributed by atoms with Crippen LogP contribution in [-0.4, -0.2) is 55.1 Å². The van der Waals surface area contributed by atoms with E-state index in [1.807, 2.05) is 0 Å². The summed E-state index contributed by atoms with van der Waals surface area (Å²) in [6.07, 6.45) is 4.96. The molecule has 0 amide bonds. The van der Waals surface area contributed by atoms with Crippen molar-refractivity contribution in [2.75, 3.05) is 39.3 Å². The molecular formula is C13H25N3. The summed E-state index contributed by atoms with van der Waals surface area (Å²) in [5.74, 6) is 0. The van der Waals surface area contributed by atoms with Crippen LogP contribution in [0.2, 0.25) is 0 Å². The highest BCUT2D eigenvalue weighted by Gasteiger charge is 2.17. The fourth-order valence-electron chi connectivity index (χ4n) is 2.53. The molecule has 0 atom stereocenters. The fraction of sp³-hybridized carbons (Fsp3) is 0.846. The van der Waals surface area contributed by atoms with Gasteiger partial charge >= 0.3 is 0 Å². The average Bonchev–Trinajstić information content (AvgIpc) is 2.31. The molecular weight excluding hydrogens is 198 g/mol. The first-order chi connectivity index (χ1) is 7.75. The number of nitrogens with zero attached hydrogens (tertiary/aromatic N) is 2. The second-order valence-electron chi connectivity index (χ2n) is 5.20. The summed E-state index contributed by atoms with van der Waals surface area (Å²) in [7, 11) is 0. The van der Waals surface area contributed by atoms with Crippen LogP contribution < -0.4 is 5.32 Å². The summed E-state index contributed by atoms with van der Waals surface area (Å²) in [5, 5.41) is 3.39. The van der Waals surface area contributed by atoms with E-state index in [4.69, 9.17) is 0 Å². The number of rotatable bonds is 2. The van der Waals surface area contributed by atoms with Crippen molar-refractivity contribution in [3.63, 3.8) is 0 Å². The monoisotopic (exact) mass is 223 g/mol. The van der Waals surface area contributed by atoms with Gasteiger partial charge in [-0.15, -0.1) is 0 Å². The van der Waals surface area contributed by atoms with Crippen molar-refractivity contribution in [2.24, 2.45) is 0 Å². The van der Waals surface area contributed by atoms with E-state index in [2.05, 4.69) is 35.2 Å². The Balaban J connectivity index is 1.81. The zero-order valence-corrected chi connectivity index (χ0v) is 10.7. The first kappa shape index (κ1) is 11.9. The molecule has 92 valence electrons. The summed E-state index contributed by atoms with van der Waals surface area (Å²) < 4.78 is 0. The van der Waals surface area contributed by atoms with Crippen LogP contribution in [0.5, 0.6) is 0 Å². The molecule has 3 nitrogen and oxygen atoms in total. The summed E-state index contributed by atoms with van der Waals surface area (Å²) in [4.78, 5) is 5.06. The van der Waals surface area contributed by atoms with Crippen LogP contribution in [0.1, 0.15) is 26.7 Å². The number of likely N-dealkylation sites (tertiary alicyclic amines) is 1. The standard InChI is InChI=1S/C13H25N3/c1-12(2)16-7-3-13(4-8-16)11-15-9-5-14-6-10-15/h11-12,14H,3-10H2,1-2H3. The van der Waals surface area contributed by atoms with Gasteiger partial charge in [0.05, 0.1) is 0 Å². The highest BCUT2D eigenvalue weighted by Crippen LogP contribution is 2.18. The van der Waals surface area contributed by atoms with Gasteiger partial charge in [0.25, 0.3) is 0 Å². The molecule has 2 fully saturated rings. The molecule has 0 aromatic carbocycles. The second kappa shape index (κ2) is 5.69. The molecule has 2 rings (SSSR count). The van der Waals surface area contributed by atoms with Crippen LogP contribution in [0.25, 0.3) is 0 Å². The molecule has 2 saturated heterocycles. The topological polar surface area (TPSA) is 18.5 Å². The van der Waals surface area contributed by atoms with E-state index in [-0.39, 0.29) is 0 Å². The maximum absolute atomic E-state index is 3.39. The fourth-order valence-corrected chi connectivity index (χ4v) is 2.53. The number of piperazine rings is 1. The Hall–Kier alpha value is -0.540. The quantitative estimate of drug-likeness (QED) is 0.761.